The molecule has 0 aromatic heterocycles. The number of piperidine rings is 1. The van der Waals surface area contributed by atoms with E-state index in [9.17, 15) is 18.8 Å². The Labute approximate surface area is 150 Å². The Morgan fingerprint density at radius 3 is 2.42 bits per heavy atom. The predicted octanol–water partition coefficient (Wildman–Crippen LogP) is 1.63. The average molecular weight is 364 g/mol. The first-order valence-corrected chi connectivity index (χ1v) is 8.67. The number of ether oxygens (including phenoxy) is 1. The molecule has 1 aromatic carbocycles. The van der Waals surface area contributed by atoms with Gasteiger partial charge in [-0.15, -0.1) is 0 Å². The summed E-state index contributed by atoms with van der Waals surface area (Å²) in [6.45, 7) is 0.829. The van der Waals surface area contributed by atoms with Crippen LogP contribution in [0.4, 0.5) is 10.1 Å². The second kappa shape index (κ2) is 7.82. The molecule has 1 aromatic rings. The number of nitrogens with one attached hydrogen (secondary N) is 1. The fourth-order valence-electron chi connectivity index (χ4n) is 3.38. The number of likely N-dealkylation sites (tertiary alicyclic amines) is 1. The number of carbonyl (C=O) groups is 3. The SMILES string of the molecule is O=C(Nc1cccc(F)c1)C1CCN(C(=O)[C@@H]2CC[C@H](C(=O)O)O2)CC1. The van der Waals surface area contributed by atoms with Crippen molar-refractivity contribution >= 4 is 23.5 Å². The van der Waals surface area contributed by atoms with Gasteiger partial charge in [0.2, 0.25) is 5.91 Å². The molecule has 2 N–H and O–H groups in total. The first kappa shape index (κ1) is 18.3. The molecular weight excluding hydrogens is 343 g/mol. The molecular formula is C18H21FN2O5. The van der Waals surface area contributed by atoms with Crippen molar-refractivity contribution in [3.8, 4) is 0 Å². The fourth-order valence-corrected chi connectivity index (χ4v) is 3.38. The molecule has 140 valence electrons. The summed E-state index contributed by atoms with van der Waals surface area (Å²) in [5.41, 5.74) is 0.410. The molecule has 26 heavy (non-hydrogen) atoms. The number of anilines is 1. The molecule has 2 heterocycles. The van der Waals surface area contributed by atoms with E-state index >= 15 is 0 Å². The summed E-state index contributed by atoms with van der Waals surface area (Å²) < 4.78 is 18.5. The molecule has 2 amide bonds. The van der Waals surface area contributed by atoms with E-state index < -0.39 is 24.0 Å². The normalized spacial score (nSPS) is 23.7. The number of amides is 2. The highest BCUT2D eigenvalue weighted by molar-refractivity contribution is 5.92. The minimum Gasteiger partial charge on any atom is -0.479 e. The van der Waals surface area contributed by atoms with E-state index in [1.807, 2.05) is 0 Å². The monoisotopic (exact) mass is 364 g/mol. The Morgan fingerprint density at radius 2 is 1.81 bits per heavy atom. The van der Waals surface area contributed by atoms with Crippen LogP contribution >= 0.6 is 0 Å². The van der Waals surface area contributed by atoms with Crippen molar-refractivity contribution < 1.29 is 28.6 Å². The molecule has 0 radical (unpaired) electrons. The van der Waals surface area contributed by atoms with Crippen LogP contribution in [0.5, 0.6) is 0 Å². The van der Waals surface area contributed by atoms with Crippen molar-refractivity contribution in [2.75, 3.05) is 18.4 Å². The molecule has 2 atom stereocenters. The predicted molar refractivity (Wildman–Crippen MR) is 89.9 cm³/mol. The zero-order valence-electron chi connectivity index (χ0n) is 14.2. The van der Waals surface area contributed by atoms with E-state index in [2.05, 4.69) is 5.32 Å². The highest BCUT2D eigenvalue weighted by Gasteiger charge is 2.38. The van der Waals surface area contributed by atoms with Crippen LogP contribution in [0.2, 0.25) is 0 Å². The smallest absolute Gasteiger partial charge is 0.332 e. The summed E-state index contributed by atoms with van der Waals surface area (Å²) >= 11 is 0. The number of halogens is 1. The van der Waals surface area contributed by atoms with Crippen molar-refractivity contribution in [1.29, 1.82) is 0 Å². The number of carbonyl (C=O) groups excluding carboxylic acids is 2. The number of carboxylic acid groups (broad SMARTS) is 1. The molecule has 2 aliphatic rings. The standard InChI is InChI=1S/C18H21FN2O5/c19-12-2-1-3-13(10-12)20-16(22)11-6-8-21(9-7-11)17(23)14-4-5-15(26-14)18(24)25/h1-3,10-11,14-15H,4-9H2,(H,20,22)(H,24,25)/t14-,15+/m0/s1. The van der Waals surface area contributed by atoms with Gasteiger partial charge in [-0.3, -0.25) is 9.59 Å². The number of aliphatic carboxylic acids is 1. The Balaban J connectivity index is 1.48. The minimum atomic E-state index is -1.05. The van der Waals surface area contributed by atoms with E-state index in [0.29, 0.717) is 44.5 Å². The van der Waals surface area contributed by atoms with E-state index in [4.69, 9.17) is 9.84 Å². The third-order valence-electron chi connectivity index (χ3n) is 4.84. The summed E-state index contributed by atoms with van der Waals surface area (Å²) in [7, 11) is 0. The van der Waals surface area contributed by atoms with Crippen LogP contribution in [0.3, 0.4) is 0 Å². The van der Waals surface area contributed by atoms with E-state index in [1.165, 1.54) is 18.2 Å². The van der Waals surface area contributed by atoms with Crippen LogP contribution in [0.15, 0.2) is 24.3 Å². The van der Waals surface area contributed by atoms with Crippen LogP contribution in [0.1, 0.15) is 25.7 Å². The van der Waals surface area contributed by atoms with Gasteiger partial charge in [-0.05, 0) is 43.9 Å². The van der Waals surface area contributed by atoms with Gasteiger partial charge in [0.05, 0.1) is 0 Å². The molecule has 2 saturated heterocycles. The van der Waals surface area contributed by atoms with Crippen molar-refractivity contribution in [1.82, 2.24) is 4.90 Å². The Hall–Kier alpha value is -2.48. The molecule has 0 unspecified atom stereocenters. The van der Waals surface area contributed by atoms with Gasteiger partial charge in [-0.1, -0.05) is 6.07 Å². The van der Waals surface area contributed by atoms with Gasteiger partial charge in [0.25, 0.3) is 5.91 Å². The second-order valence-corrected chi connectivity index (χ2v) is 6.63. The maximum absolute atomic E-state index is 13.2. The summed E-state index contributed by atoms with van der Waals surface area (Å²) in [4.78, 5) is 37.3. The number of rotatable bonds is 4. The van der Waals surface area contributed by atoms with Crippen LogP contribution in [0, 0.1) is 11.7 Å². The van der Waals surface area contributed by atoms with Gasteiger partial charge in [-0.25, -0.2) is 9.18 Å². The minimum absolute atomic E-state index is 0.189. The number of carboxylic acids is 1. The van der Waals surface area contributed by atoms with Crippen molar-refractivity contribution in [3.05, 3.63) is 30.1 Å². The maximum atomic E-state index is 13.2. The van der Waals surface area contributed by atoms with Gasteiger partial charge in [0, 0.05) is 24.7 Å². The van der Waals surface area contributed by atoms with Gasteiger partial charge >= 0.3 is 5.97 Å². The molecule has 8 heteroatoms. The van der Waals surface area contributed by atoms with E-state index in [1.54, 1.807) is 11.0 Å². The van der Waals surface area contributed by atoms with Gasteiger partial charge in [0.15, 0.2) is 6.10 Å². The number of hydrogen-bond donors (Lipinski definition) is 2. The lowest BCUT2D eigenvalue weighted by atomic mass is 9.95. The van der Waals surface area contributed by atoms with E-state index in [0.717, 1.165) is 0 Å². The molecule has 0 spiro atoms. The molecule has 7 nitrogen and oxygen atoms in total. The molecule has 0 bridgehead atoms. The second-order valence-electron chi connectivity index (χ2n) is 6.63. The van der Waals surface area contributed by atoms with Crippen LogP contribution < -0.4 is 5.32 Å². The average Bonchev–Trinajstić information content (AvgIpc) is 3.12. The largest absolute Gasteiger partial charge is 0.479 e. The lowest BCUT2D eigenvalue weighted by molar-refractivity contribution is -0.155. The topological polar surface area (TPSA) is 95.9 Å². The van der Waals surface area contributed by atoms with Gasteiger partial charge in [0.1, 0.15) is 11.9 Å². The summed E-state index contributed by atoms with van der Waals surface area (Å²) in [6, 6.07) is 5.71. The van der Waals surface area contributed by atoms with Crippen LogP contribution in [0.25, 0.3) is 0 Å². The van der Waals surface area contributed by atoms with Gasteiger partial charge in [-0.2, -0.15) is 0 Å². The highest BCUT2D eigenvalue weighted by atomic mass is 19.1. The molecule has 0 aliphatic carbocycles. The summed E-state index contributed by atoms with van der Waals surface area (Å²) in [5.74, 6) is -2.12. The first-order valence-electron chi connectivity index (χ1n) is 8.67. The lowest BCUT2D eigenvalue weighted by Crippen LogP contribution is -2.45. The molecule has 3 rings (SSSR count). The van der Waals surface area contributed by atoms with Crippen molar-refractivity contribution in [2.45, 2.75) is 37.9 Å². The number of nitrogens with zero attached hydrogens (tertiary/aromatic N) is 1. The van der Waals surface area contributed by atoms with Gasteiger partial charge < -0.3 is 20.1 Å². The molecule has 0 saturated carbocycles. The van der Waals surface area contributed by atoms with Crippen molar-refractivity contribution in [2.24, 2.45) is 5.92 Å². The van der Waals surface area contributed by atoms with Crippen molar-refractivity contribution in [3.63, 3.8) is 0 Å². The quantitative estimate of drug-likeness (QED) is 0.847. The van der Waals surface area contributed by atoms with Crippen LogP contribution in [-0.2, 0) is 19.1 Å². The molecule has 2 aliphatic heterocycles. The number of hydrogen-bond acceptors (Lipinski definition) is 4. The van der Waals surface area contributed by atoms with E-state index in [-0.39, 0.29) is 17.7 Å². The maximum Gasteiger partial charge on any atom is 0.332 e. The fraction of sp³-hybridized carbons (Fsp3) is 0.500. The zero-order valence-corrected chi connectivity index (χ0v) is 14.2. The summed E-state index contributed by atoms with van der Waals surface area (Å²) in [6.07, 6.45) is 0.102. The highest BCUT2D eigenvalue weighted by Crippen LogP contribution is 2.25. The Kier molecular flexibility index (Phi) is 5.51. The lowest BCUT2D eigenvalue weighted by Gasteiger charge is -2.32. The zero-order chi connectivity index (χ0) is 18.7. The molecule has 2 fully saturated rings. The first-order chi connectivity index (χ1) is 12.4. The van der Waals surface area contributed by atoms with Crippen LogP contribution in [-0.4, -0.2) is 53.1 Å². The third kappa shape index (κ3) is 4.19. The Morgan fingerprint density at radius 1 is 1.12 bits per heavy atom. The summed E-state index contributed by atoms with van der Waals surface area (Å²) in [5, 5.41) is 11.6. The Bertz CT molecular complexity index is 703. The third-order valence-corrected chi connectivity index (χ3v) is 4.84. The number of benzene rings is 1.